The molecule has 0 saturated carbocycles. The highest BCUT2D eigenvalue weighted by Crippen LogP contribution is 2.26. The van der Waals surface area contributed by atoms with Gasteiger partial charge in [-0.15, -0.1) is 0 Å². The lowest BCUT2D eigenvalue weighted by Gasteiger charge is -2.21. The van der Waals surface area contributed by atoms with Gasteiger partial charge in [-0.2, -0.15) is 0 Å². The fourth-order valence-corrected chi connectivity index (χ4v) is 2.62. The molecule has 0 N–H and O–H groups in total. The number of likely N-dealkylation sites (N-methyl/N-ethyl adjacent to an activating group) is 1. The first kappa shape index (κ1) is 18.6. The number of hydrogen-bond donors (Lipinski definition) is 0. The number of rotatable bonds is 4. The first-order chi connectivity index (χ1) is 11.6. The summed E-state index contributed by atoms with van der Waals surface area (Å²) in [6, 6.07) is 12.6. The van der Waals surface area contributed by atoms with E-state index in [9.17, 15) is 14.9 Å². The average molecular weight is 340 g/mol. The molecule has 0 aliphatic heterocycles. The van der Waals surface area contributed by atoms with Crippen LogP contribution in [0.5, 0.6) is 0 Å². The van der Waals surface area contributed by atoms with Crippen molar-refractivity contribution in [1.29, 1.82) is 0 Å². The summed E-state index contributed by atoms with van der Waals surface area (Å²) in [4.78, 5) is 24.6. The maximum absolute atomic E-state index is 12.6. The van der Waals surface area contributed by atoms with Crippen molar-refractivity contribution in [2.24, 2.45) is 0 Å². The van der Waals surface area contributed by atoms with Crippen LogP contribution < -0.4 is 4.90 Å². The Kier molecular flexibility index (Phi) is 5.26. The van der Waals surface area contributed by atoms with Crippen molar-refractivity contribution in [3.63, 3.8) is 0 Å². The highest BCUT2D eigenvalue weighted by molar-refractivity contribution is 5.95. The maximum Gasteiger partial charge on any atom is 0.271 e. The van der Waals surface area contributed by atoms with Crippen LogP contribution in [0.1, 0.15) is 37.5 Å². The Morgan fingerprint density at radius 2 is 1.72 bits per heavy atom. The molecule has 0 atom stereocenters. The molecule has 0 radical (unpaired) electrons. The van der Waals surface area contributed by atoms with Crippen molar-refractivity contribution in [2.75, 3.05) is 11.9 Å². The summed E-state index contributed by atoms with van der Waals surface area (Å²) in [5, 5.41) is 11.0. The number of non-ortho nitro benzene ring substituents is 1. The van der Waals surface area contributed by atoms with Crippen LogP contribution in [0.2, 0.25) is 0 Å². The Morgan fingerprint density at radius 3 is 2.24 bits per heavy atom. The smallest absolute Gasteiger partial charge is 0.271 e. The molecule has 0 bridgehead atoms. The fourth-order valence-electron chi connectivity index (χ4n) is 2.62. The van der Waals surface area contributed by atoms with Gasteiger partial charge in [-0.3, -0.25) is 14.9 Å². The molecule has 0 aromatic heterocycles. The van der Waals surface area contributed by atoms with Gasteiger partial charge in [0, 0.05) is 19.2 Å². The second-order valence-corrected chi connectivity index (χ2v) is 7.30. The molecule has 2 aromatic rings. The summed E-state index contributed by atoms with van der Waals surface area (Å²) in [6.07, 6.45) is 0.253. The fraction of sp³-hybridized carbons (Fsp3) is 0.350. The van der Waals surface area contributed by atoms with Crippen LogP contribution in [0.25, 0.3) is 0 Å². The van der Waals surface area contributed by atoms with Crippen LogP contribution in [0.4, 0.5) is 11.4 Å². The number of nitro groups is 1. The summed E-state index contributed by atoms with van der Waals surface area (Å²) in [5.74, 6) is -0.105. The lowest BCUT2D eigenvalue weighted by Crippen LogP contribution is -2.28. The number of nitro benzene ring substituents is 1. The van der Waals surface area contributed by atoms with Gasteiger partial charge in [0.05, 0.1) is 17.0 Å². The second-order valence-electron chi connectivity index (χ2n) is 7.30. The predicted molar refractivity (Wildman–Crippen MR) is 100 cm³/mol. The van der Waals surface area contributed by atoms with Gasteiger partial charge in [0.1, 0.15) is 0 Å². The lowest BCUT2D eigenvalue weighted by molar-refractivity contribution is -0.384. The van der Waals surface area contributed by atoms with Gasteiger partial charge < -0.3 is 4.90 Å². The quantitative estimate of drug-likeness (QED) is 0.612. The zero-order valence-corrected chi connectivity index (χ0v) is 15.4. The minimum atomic E-state index is -0.452. The van der Waals surface area contributed by atoms with Gasteiger partial charge >= 0.3 is 0 Å². The molecule has 1 amide bonds. The topological polar surface area (TPSA) is 63.5 Å². The van der Waals surface area contributed by atoms with E-state index in [-0.39, 0.29) is 23.4 Å². The average Bonchev–Trinajstić information content (AvgIpc) is 2.54. The largest absolute Gasteiger partial charge is 0.315 e. The normalized spacial score (nSPS) is 11.2. The van der Waals surface area contributed by atoms with Crippen LogP contribution in [-0.2, 0) is 16.6 Å². The molecule has 25 heavy (non-hydrogen) atoms. The lowest BCUT2D eigenvalue weighted by atomic mass is 9.86. The van der Waals surface area contributed by atoms with E-state index in [2.05, 4.69) is 20.8 Å². The summed E-state index contributed by atoms with van der Waals surface area (Å²) in [5.41, 5.74) is 3.57. The molecular weight excluding hydrogens is 316 g/mol. The third-order valence-electron chi connectivity index (χ3n) is 4.31. The number of anilines is 1. The minimum absolute atomic E-state index is 0.0187. The summed E-state index contributed by atoms with van der Waals surface area (Å²) < 4.78 is 0. The monoisotopic (exact) mass is 340 g/mol. The van der Waals surface area contributed by atoms with Crippen molar-refractivity contribution in [3.8, 4) is 0 Å². The van der Waals surface area contributed by atoms with Crippen LogP contribution in [0, 0.1) is 17.0 Å². The third kappa shape index (κ3) is 4.44. The predicted octanol–water partition coefficient (Wildman–Crippen LogP) is 4.41. The summed E-state index contributed by atoms with van der Waals surface area (Å²) >= 11 is 0. The molecule has 132 valence electrons. The highest BCUT2D eigenvalue weighted by Gasteiger charge is 2.18. The molecule has 0 aliphatic rings. The van der Waals surface area contributed by atoms with Crippen molar-refractivity contribution >= 4 is 17.3 Å². The molecule has 0 spiro atoms. The van der Waals surface area contributed by atoms with Crippen molar-refractivity contribution in [3.05, 3.63) is 69.3 Å². The van der Waals surface area contributed by atoms with Crippen LogP contribution in [-0.4, -0.2) is 17.9 Å². The van der Waals surface area contributed by atoms with E-state index in [0.717, 1.165) is 11.1 Å². The first-order valence-electron chi connectivity index (χ1n) is 8.20. The van der Waals surface area contributed by atoms with E-state index in [0.29, 0.717) is 5.69 Å². The molecule has 0 aliphatic carbocycles. The van der Waals surface area contributed by atoms with Gasteiger partial charge in [-0.05, 0) is 29.0 Å². The van der Waals surface area contributed by atoms with Gasteiger partial charge in [0.2, 0.25) is 5.91 Å². The molecule has 2 aromatic carbocycles. The molecule has 5 nitrogen and oxygen atoms in total. The number of amides is 1. The van der Waals surface area contributed by atoms with Crippen molar-refractivity contribution in [1.82, 2.24) is 0 Å². The van der Waals surface area contributed by atoms with Crippen LogP contribution >= 0.6 is 0 Å². The van der Waals surface area contributed by atoms with Crippen molar-refractivity contribution in [2.45, 2.75) is 39.5 Å². The first-order valence-corrected chi connectivity index (χ1v) is 8.20. The van der Waals surface area contributed by atoms with Crippen LogP contribution in [0.3, 0.4) is 0 Å². The number of hydrogen-bond acceptors (Lipinski definition) is 3. The Labute approximate surface area is 148 Å². The van der Waals surface area contributed by atoms with Gasteiger partial charge in [0.15, 0.2) is 0 Å². The molecule has 0 saturated heterocycles. The van der Waals surface area contributed by atoms with E-state index < -0.39 is 4.92 Å². The zero-order valence-electron chi connectivity index (χ0n) is 15.4. The van der Waals surface area contributed by atoms with Gasteiger partial charge in [-0.1, -0.05) is 51.1 Å². The standard InChI is InChI=1S/C20H24N2O3/c1-14-6-11-17(22(24)25)13-18(14)21(5)19(23)12-15-7-9-16(10-8-15)20(2,3)4/h6-11,13H,12H2,1-5H3. The van der Waals surface area contributed by atoms with Gasteiger partial charge in [-0.25, -0.2) is 0 Å². The van der Waals surface area contributed by atoms with Crippen LogP contribution in [0.15, 0.2) is 42.5 Å². The SMILES string of the molecule is Cc1ccc([N+](=O)[O-])cc1N(C)C(=O)Cc1ccc(C(C)(C)C)cc1. The molecular formula is C20H24N2O3. The highest BCUT2D eigenvalue weighted by atomic mass is 16.6. The number of carbonyl (C=O) groups excluding carboxylic acids is 1. The minimum Gasteiger partial charge on any atom is -0.315 e. The number of benzene rings is 2. The number of carbonyl (C=O) groups is 1. The zero-order chi connectivity index (χ0) is 18.8. The number of nitrogens with zero attached hydrogens (tertiary/aromatic N) is 2. The second kappa shape index (κ2) is 7.05. The number of aryl methyl sites for hydroxylation is 1. The van der Waals surface area contributed by atoms with E-state index >= 15 is 0 Å². The third-order valence-corrected chi connectivity index (χ3v) is 4.31. The Balaban J connectivity index is 2.18. The molecule has 0 unspecified atom stereocenters. The van der Waals surface area contributed by atoms with E-state index in [1.807, 2.05) is 31.2 Å². The van der Waals surface area contributed by atoms with Crippen molar-refractivity contribution < 1.29 is 9.72 Å². The maximum atomic E-state index is 12.6. The van der Waals surface area contributed by atoms with E-state index in [1.165, 1.54) is 22.6 Å². The Hall–Kier alpha value is -2.69. The Bertz CT molecular complexity index is 790. The van der Waals surface area contributed by atoms with E-state index in [1.54, 1.807) is 13.1 Å². The molecule has 2 rings (SSSR count). The van der Waals surface area contributed by atoms with E-state index in [4.69, 9.17) is 0 Å². The summed E-state index contributed by atoms with van der Waals surface area (Å²) in [7, 11) is 1.65. The molecule has 5 heteroatoms. The molecule has 0 heterocycles. The van der Waals surface area contributed by atoms with Gasteiger partial charge in [0.25, 0.3) is 5.69 Å². The Morgan fingerprint density at radius 1 is 1.12 bits per heavy atom. The molecule has 0 fully saturated rings. The summed E-state index contributed by atoms with van der Waals surface area (Å²) in [6.45, 7) is 8.27.